The van der Waals surface area contributed by atoms with Crippen LogP contribution in [0.1, 0.15) is 31.1 Å². The van der Waals surface area contributed by atoms with Gasteiger partial charge in [0, 0.05) is 0 Å². The smallest absolute Gasteiger partial charge is 0.0761 e. The SMILES string of the molecule is CC(O)/C=C/c1ccc(C(C)O)cc1. The summed E-state index contributed by atoms with van der Waals surface area (Å²) in [5.74, 6) is 0. The monoisotopic (exact) mass is 192 g/mol. The first-order valence-corrected chi connectivity index (χ1v) is 4.74. The molecule has 76 valence electrons. The summed E-state index contributed by atoms with van der Waals surface area (Å²) < 4.78 is 0. The minimum atomic E-state index is -0.426. The summed E-state index contributed by atoms with van der Waals surface area (Å²) in [4.78, 5) is 0. The second-order valence-corrected chi connectivity index (χ2v) is 3.44. The molecule has 2 heteroatoms. The number of rotatable bonds is 3. The molecule has 0 spiro atoms. The van der Waals surface area contributed by atoms with Crippen molar-refractivity contribution in [1.29, 1.82) is 0 Å². The molecule has 14 heavy (non-hydrogen) atoms. The van der Waals surface area contributed by atoms with Crippen molar-refractivity contribution in [1.82, 2.24) is 0 Å². The van der Waals surface area contributed by atoms with Crippen LogP contribution in [-0.2, 0) is 0 Å². The zero-order valence-electron chi connectivity index (χ0n) is 8.51. The molecule has 2 nitrogen and oxygen atoms in total. The highest BCUT2D eigenvalue weighted by Gasteiger charge is 1.98. The van der Waals surface area contributed by atoms with Crippen LogP contribution >= 0.6 is 0 Å². The van der Waals surface area contributed by atoms with Crippen LogP contribution in [0.4, 0.5) is 0 Å². The van der Waals surface area contributed by atoms with Crippen LogP contribution in [0.15, 0.2) is 30.3 Å². The Morgan fingerprint density at radius 3 is 2.07 bits per heavy atom. The Kier molecular flexibility index (Phi) is 3.86. The predicted molar refractivity (Wildman–Crippen MR) is 57.8 cm³/mol. The van der Waals surface area contributed by atoms with Crippen LogP contribution in [0.5, 0.6) is 0 Å². The van der Waals surface area contributed by atoms with Gasteiger partial charge in [-0.2, -0.15) is 0 Å². The quantitative estimate of drug-likeness (QED) is 0.770. The zero-order chi connectivity index (χ0) is 10.6. The fourth-order valence-corrected chi connectivity index (χ4v) is 1.14. The van der Waals surface area contributed by atoms with Gasteiger partial charge in [-0.1, -0.05) is 36.4 Å². The lowest BCUT2D eigenvalue weighted by Crippen LogP contribution is -1.92. The van der Waals surface area contributed by atoms with Gasteiger partial charge in [0.15, 0.2) is 0 Å². The van der Waals surface area contributed by atoms with Crippen LogP contribution < -0.4 is 0 Å². The molecule has 0 radical (unpaired) electrons. The van der Waals surface area contributed by atoms with E-state index in [1.54, 1.807) is 19.9 Å². The molecule has 1 aromatic rings. The van der Waals surface area contributed by atoms with Gasteiger partial charge in [0.2, 0.25) is 0 Å². The first-order chi connectivity index (χ1) is 6.59. The van der Waals surface area contributed by atoms with E-state index < -0.39 is 12.2 Å². The van der Waals surface area contributed by atoms with Gasteiger partial charge in [-0.15, -0.1) is 0 Å². The van der Waals surface area contributed by atoms with Crippen LogP contribution in [-0.4, -0.2) is 16.3 Å². The largest absolute Gasteiger partial charge is 0.389 e. The van der Waals surface area contributed by atoms with E-state index in [1.807, 2.05) is 30.3 Å². The van der Waals surface area contributed by atoms with Crippen molar-refractivity contribution in [3.05, 3.63) is 41.5 Å². The van der Waals surface area contributed by atoms with Crippen LogP contribution in [0, 0.1) is 0 Å². The summed E-state index contributed by atoms with van der Waals surface area (Å²) in [6.07, 6.45) is 2.73. The topological polar surface area (TPSA) is 40.5 Å². The molecule has 0 saturated carbocycles. The molecular formula is C12H16O2. The molecule has 0 fully saturated rings. The summed E-state index contributed by atoms with van der Waals surface area (Å²) in [5.41, 5.74) is 1.93. The molecule has 2 N–H and O–H groups in total. The van der Waals surface area contributed by atoms with E-state index in [2.05, 4.69) is 0 Å². The maximum Gasteiger partial charge on any atom is 0.0761 e. The first-order valence-electron chi connectivity index (χ1n) is 4.74. The van der Waals surface area contributed by atoms with Gasteiger partial charge in [0.05, 0.1) is 12.2 Å². The van der Waals surface area contributed by atoms with Crippen molar-refractivity contribution < 1.29 is 10.2 Å². The Morgan fingerprint density at radius 2 is 1.64 bits per heavy atom. The van der Waals surface area contributed by atoms with E-state index in [0.29, 0.717) is 0 Å². The molecule has 0 aliphatic heterocycles. The molecule has 0 aliphatic carbocycles. The number of hydrogen-bond donors (Lipinski definition) is 2. The molecule has 2 unspecified atom stereocenters. The van der Waals surface area contributed by atoms with Crippen LogP contribution in [0.2, 0.25) is 0 Å². The lowest BCUT2D eigenvalue weighted by Gasteiger charge is -2.04. The summed E-state index contributed by atoms with van der Waals surface area (Å²) in [7, 11) is 0. The minimum Gasteiger partial charge on any atom is -0.389 e. The van der Waals surface area contributed by atoms with Gasteiger partial charge in [-0.25, -0.2) is 0 Å². The normalized spacial score (nSPS) is 15.7. The van der Waals surface area contributed by atoms with Crippen molar-refractivity contribution >= 4 is 6.08 Å². The van der Waals surface area contributed by atoms with Crippen molar-refractivity contribution in [2.45, 2.75) is 26.1 Å². The van der Waals surface area contributed by atoms with Crippen LogP contribution in [0.25, 0.3) is 6.08 Å². The van der Waals surface area contributed by atoms with Gasteiger partial charge in [-0.05, 0) is 25.0 Å². The summed E-state index contributed by atoms with van der Waals surface area (Å²) in [6.45, 7) is 3.45. The molecule has 0 aromatic heterocycles. The number of aliphatic hydroxyl groups excluding tert-OH is 2. The molecule has 1 rings (SSSR count). The Bertz CT molecular complexity index is 297. The maximum absolute atomic E-state index is 9.27. The van der Waals surface area contributed by atoms with E-state index in [9.17, 15) is 5.11 Å². The number of benzene rings is 1. The molecule has 1 aromatic carbocycles. The highest BCUT2D eigenvalue weighted by Crippen LogP contribution is 2.13. The summed E-state index contributed by atoms with van der Waals surface area (Å²) in [5, 5.41) is 18.3. The Labute approximate surface area is 84.5 Å². The summed E-state index contributed by atoms with van der Waals surface area (Å²) >= 11 is 0. The average Bonchev–Trinajstić information content (AvgIpc) is 2.15. The fourth-order valence-electron chi connectivity index (χ4n) is 1.14. The molecule has 0 amide bonds. The van der Waals surface area contributed by atoms with E-state index in [0.717, 1.165) is 11.1 Å². The third-order valence-corrected chi connectivity index (χ3v) is 1.99. The van der Waals surface area contributed by atoms with Gasteiger partial charge in [0.25, 0.3) is 0 Å². The minimum absolute atomic E-state index is 0.425. The molecule has 0 bridgehead atoms. The fraction of sp³-hybridized carbons (Fsp3) is 0.333. The average molecular weight is 192 g/mol. The van der Waals surface area contributed by atoms with Crippen molar-refractivity contribution in [3.8, 4) is 0 Å². The van der Waals surface area contributed by atoms with Gasteiger partial charge in [0.1, 0.15) is 0 Å². The molecule has 0 heterocycles. The standard InChI is InChI=1S/C12H16O2/c1-9(13)3-4-11-5-7-12(8-6-11)10(2)14/h3-10,13-14H,1-2H3/b4-3+. The van der Waals surface area contributed by atoms with Crippen molar-refractivity contribution in [2.75, 3.05) is 0 Å². The van der Waals surface area contributed by atoms with Gasteiger partial charge < -0.3 is 10.2 Å². The Balaban J connectivity index is 2.73. The number of aliphatic hydroxyl groups is 2. The molecule has 0 aliphatic rings. The predicted octanol–water partition coefficient (Wildman–Crippen LogP) is 2.13. The number of hydrogen-bond acceptors (Lipinski definition) is 2. The second-order valence-electron chi connectivity index (χ2n) is 3.44. The summed E-state index contributed by atoms with van der Waals surface area (Å²) in [6, 6.07) is 7.60. The van der Waals surface area contributed by atoms with Crippen molar-refractivity contribution in [2.24, 2.45) is 0 Å². The third-order valence-electron chi connectivity index (χ3n) is 1.99. The van der Waals surface area contributed by atoms with E-state index in [-0.39, 0.29) is 0 Å². The molecule has 2 atom stereocenters. The maximum atomic E-state index is 9.27. The Morgan fingerprint density at radius 1 is 1.07 bits per heavy atom. The molecular weight excluding hydrogens is 176 g/mol. The lowest BCUT2D eigenvalue weighted by molar-refractivity contribution is 0.199. The molecule has 0 saturated heterocycles. The van der Waals surface area contributed by atoms with Crippen LogP contribution in [0.3, 0.4) is 0 Å². The first kappa shape index (κ1) is 11.0. The Hall–Kier alpha value is -1.12. The van der Waals surface area contributed by atoms with E-state index in [1.165, 1.54) is 0 Å². The highest BCUT2D eigenvalue weighted by molar-refractivity contribution is 5.50. The van der Waals surface area contributed by atoms with Gasteiger partial charge >= 0.3 is 0 Å². The van der Waals surface area contributed by atoms with Gasteiger partial charge in [-0.3, -0.25) is 0 Å². The van der Waals surface area contributed by atoms with E-state index >= 15 is 0 Å². The van der Waals surface area contributed by atoms with Crippen molar-refractivity contribution in [3.63, 3.8) is 0 Å². The second kappa shape index (κ2) is 4.94. The third kappa shape index (κ3) is 3.32. The van der Waals surface area contributed by atoms with E-state index in [4.69, 9.17) is 5.11 Å². The zero-order valence-corrected chi connectivity index (χ0v) is 8.51. The lowest BCUT2D eigenvalue weighted by atomic mass is 10.1. The highest BCUT2D eigenvalue weighted by atomic mass is 16.3.